The van der Waals surface area contributed by atoms with Crippen molar-refractivity contribution in [2.75, 3.05) is 0 Å². The molecule has 2 aromatic rings. The molecule has 3 rings (SSSR count). The summed E-state index contributed by atoms with van der Waals surface area (Å²) in [6.07, 6.45) is 2.66. The number of aliphatic hydroxyl groups excluding tert-OH is 1. The number of amides is 1. The Hall–Kier alpha value is -2.62. The number of Topliss-reactive ketones (excluding diaryl/α,β-unsaturated/α-hetero) is 1. The topological polar surface area (TPSA) is 103 Å². The van der Waals surface area contributed by atoms with E-state index in [-0.39, 0.29) is 48.0 Å². The van der Waals surface area contributed by atoms with Crippen LogP contribution in [-0.4, -0.2) is 28.9 Å². The molecule has 0 radical (unpaired) electrons. The fraction of sp³-hybridized carbons (Fsp3) is 0.435. The summed E-state index contributed by atoms with van der Waals surface area (Å²) in [5, 5.41) is 22.6. The number of benzene rings is 1. The number of carbonyl (C=O) groups excluding carboxylic acids is 2. The van der Waals surface area contributed by atoms with Gasteiger partial charge in [-0.3, -0.25) is 9.59 Å². The molecular formula is C23H25ClN2O4. The van der Waals surface area contributed by atoms with Gasteiger partial charge in [-0.2, -0.15) is 5.26 Å². The largest absolute Gasteiger partial charge is 0.456 e. The van der Waals surface area contributed by atoms with Crippen LogP contribution in [0.4, 0.5) is 0 Å². The van der Waals surface area contributed by atoms with Gasteiger partial charge >= 0.3 is 0 Å². The van der Waals surface area contributed by atoms with E-state index in [0.29, 0.717) is 36.5 Å². The highest BCUT2D eigenvalue weighted by molar-refractivity contribution is 6.30. The van der Waals surface area contributed by atoms with Gasteiger partial charge in [0.05, 0.1) is 23.7 Å². The maximum atomic E-state index is 13.1. The van der Waals surface area contributed by atoms with Crippen molar-refractivity contribution < 1.29 is 19.1 Å². The van der Waals surface area contributed by atoms with Crippen molar-refractivity contribution in [2.45, 2.75) is 63.5 Å². The molecule has 2 N–H and O–H groups in total. The lowest BCUT2D eigenvalue weighted by Crippen LogP contribution is -2.38. The highest BCUT2D eigenvalue weighted by atomic mass is 35.5. The molecule has 158 valence electrons. The Balaban J connectivity index is 1.97. The number of nitriles is 1. The Morgan fingerprint density at radius 1 is 1.30 bits per heavy atom. The van der Waals surface area contributed by atoms with Gasteiger partial charge < -0.3 is 14.8 Å². The van der Waals surface area contributed by atoms with E-state index in [1.165, 1.54) is 6.07 Å². The quantitative estimate of drug-likeness (QED) is 0.627. The number of furan rings is 1. The fourth-order valence-corrected chi connectivity index (χ4v) is 4.01. The molecule has 0 aliphatic heterocycles. The third-order valence-corrected chi connectivity index (χ3v) is 5.73. The van der Waals surface area contributed by atoms with Crippen LogP contribution in [-0.2, 0) is 0 Å². The molecule has 1 amide bonds. The summed E-state index contributed by atoms with van der Waals surface area (Å²) < 4.78 is 5.86. The molecule has 1 unspecified atom stereocenters. The van der Waals surface area contributed by atoms with Crippen molar-refractivity contribution in [2.24, 2.45) is 0 Å². The summed E-state index contributed by atoms with van der Waals surface area (Å²) in [7, 11) is 0. The number of ketones is 1. The molecule has 1 heterocycles. The average Bonchev–Trinajstić information content (AvgIpc) is 3.18. The number of halogens is 1. The van der Waals surface area contributed by atoms with Gasteiger partial charge in [0.2, 0.25) is 0 Å². The van der Waals surface area contributed by atoms with Crippen molar-refractivity contribution in [3.05, 3.63) is 58.0 Å². The first-order chi connectivity index (χ1) is 14.4. The van der Waals surface area contributed by atoms with Crippen LogP contribution in [0.5, 0.6) is 0 Å². The summed E-state index contributed by atoms with van der Waals surface area (Å²) in [4.78, 5) is 25.4. The lowest BCUT2D eigenvalue weighted by molar-refractivity contribution is 0.0865. The monoisotopic (exact) mass is 428 g/mol. The van der Waals surface area contributed by atoms with Gasteiger partial charge in [0.15, 0.2) is 11.5 Å². The molecule has 7 heteroatoms. The fourth-order valence-electron chi connectivity index (χ4n) is 3.81. The molecule has 1 fully saturated rings. The Kier molecular flexibility index (Phi) is 7.30. The van der Waals surface area contributed by atoms with Crippen molar-refractivity contribution in [1.29, 1.82) is 5.26 Å². The molecule has 6 nitrogen and oxygen atoms in total. The van der Waals surface area contributed by atoms with E-state index >= 15 is 0 Å². The second-order valence-electron chi connectivity index (χ2n) is 7.61. The zero-order valence-corrected chi connectivity index (χ0v) is 17.6. The lowest BCUT2D eigenvalue weighted by atomic mass is 9.90. The van der Waals surface area contributed by atoms with Crippen LogP contribution in [0.1, 0.15) is 83.6 Å². The smallest absolute Gasteiger partial charge is 0.255 e. The molecule has 0 saturated heterocycles. The predicted octanol–water partition coefficient (Wildman–Crippen LogP) is 4.60. The summed E-state index contributed by atoms with van der Waals surface area (Å²) in [5.41, 5.74) is 1.00. The van der Waals surface area contributed by atoms with Crippen LogP contribution in [0.3, 0.4) is 0 Å². The predicted molar refractivity (Wildman–Crippen MR) is 113 cm³/mol. The van der Waals surface area contributed by atoms with Crippen molar-refractivity contribution >= 4 is 23.3 Å². The second-order valence-corrected chi connectivity index (χ2v) is 8.05. The van der Waals surface area contributed by atoms with Gasteiger partial charge in [0.25, 0.3) is 5.91 Å². The normalized spacial score (nSPS) is 19.7. The third kappa shape index (κ3) is 5.10. The van der Waals surface area contributed by atoms with Crippen LogP contribution < -0.4 is 5.32 Å². The van der Waals surface area contributed by atoms with Gasteiger partial charge in [0.1, 0.15) is 5.76 Å². The van der Waals surface area contributed by atoms with Crippen LogP contribution in [0.25, 0.3) is 0 Å². The number of nitrogens with one attached hydrogen (secondary N) is 1. The Labute approximate surface area is 180 Å². The Bertz CT molecular complexity index is 954. The summed E-state index contributed by atoms with van der Waals surface area (Å²) in [6.45, 7) is 1.72. The zero-order valence-electron chi connectivity index (χ0n) is 16.9. The lowest BCUT2D eigenvalue weighted by Gasteiger charge is -2.26. The first-order valence-corrected chi connectivity index (χ1v) is 10.6. The van der Waals surface area contributed by atoms with E-state index in [9.17, 15) is 20.0 Å². The molecule has 1 atom stereocenters. The number of hydrogen-bond acceptors (Lipinski definition) is 5. The summed E-state index contributed by atoms with van der Waals surface area (Å²) >= 11 is 6.13. The Morgan fingerprint density at radius 3 is 2.67 bits per heavy atom. The van der Waals surface area contributed by atoms with Crippen LogP contribution in [0.15, 0.2) is 34.7 Å². The molecule has 1 saturated carbocycles. The van der Waals surface area contributed by atoms with Crippen molar-refractivity contribution in [3.63, 3.8) is 0 Å². The maximum Gasteiger partial charge on any atom is 0.255 e. The highest BCUT2D eigenvalue weighted by Crippen LogP contribution is 2.34. The molecular weight excluding hydrogens is 404 g/mol. The number of aliphatic hydroxyl groups is 1. The maximum absolute atomic E-state index is 13.1. The number of hydrogen-bond donors (Lipinski definition) is 2. The van der Waals surface area contributed by atoms with Crippen molar-refractivity contribution in [3.8, 4) is 6.07 Å². The minimum absolute atomic E-state index is 0.0467. The summed E-state index contributed by atoms with van der Waals surface area (Å²) in [5.74, 6) is -0.667. The second kappa shape index (κ2) is 9.92. The minimum Gasteiger partial charge on any atom is -0.456 e. The van der Waals surface area contributed by atoms with Gasteiger partial charge in [-0.1, -0.05) is 30.7 Å². The first-order valence-electron chi connectivity index (χ1n) is 10.2. The minimum atomic E-state index is -0.527. The standard InChI is InChI=1S/C23H25ClN2O4/c1-2-20(28)21-13-19(23(29)26-16-6-8-17(27)9-7-16)22(30-21)18(10-11-25)14-4-3-5-15(24)12-14/h3-5,12-13,16-18,27H,2,6-10H2,1H3,(H,26,29). The molecule has 0 bridgehead atoms. The van der Waals surface area contributed by atoms with Crippen LogP contribution in [0, 0.1) is 11.3 Å². The number of nitrogens with zero attached hydrogens (tertiary/aromatic N) is 1. The SMILES string of the molecule is CCC(=O)c1cc(C(=O)NC2CCC(O)CC2)c(C(CC#N)c2cccc(Cl)c2)o1. The molecule has 1 aliphatic carbocycles. The first kappa shape index (κ1) is 22.1. The van der Waals surface area contributed by atoms with E-state index < -0.39 is 5.92 Å². The van der Waals surface area contributed by atoms with E-state index in [2.05, 4.69) is 11.4 Å². The highest BCUT2D eigenvalue weighted by Gasteiger charge is 2.30. The van der Waals surface area contributed by atoms with E-state index in [1.54, 1.807) is 25.1 Å². The zero-order chi connectivity index (χ0) is 21.7. The average molecular weight is 429 g/mol. The van der Waals surface area contributed by atoms with Gasteiger partial charge in [-0.15, -0.1) is 0 Å². The Morgan fingerprint density at radius 2 is 2.03 bits per heavy atom. The van der Waals surface area contributed by atoms with E-state index in [4.69, 9.17) is 16.0 Å². The van der Waals surface area contributed by atoms with Crippen LogP contribution >= 0.6 is 11.6 Å². The third-order valence-electron chi connectivity index (χ3n) is 5.50. The number of rotatable bonds is 7. The van der Waals surface area contributed by atoms with Gasteiger partial charge in [0, 0.05) is 30.0 Å². The molecule has 0 spiro atoms. The van der Waals surface area contributed by atoms with Gasteiger partial charge in [-0.25, -0.2) is 0 Å². The molecule has 1 aromatic carbocycles. The van der Waals surface area contributed by atoms with Gasteiger partial charge in [-0.05, 0) is 43.4 Å². The molecule has 30 heavy (non-hydrogen) atoms. The molecule has 1 aromatic heterocycles. The van der Waals surface area contributed by atoms with E-state index in [1.807, 2.05) is 6.07 Å². The van der Waals surface area contributed by atoms with E-state index in [0.717, 1.165) is 5.56 Å². The number of carbonyl (C=O) groups is 2. The summed E-state index contributed by atoms with van der Waals surface area (Å²) in [6, 6.07) is 10.6. The van der Waals surface area contributed by atoms with Crippen molar-refractivity contribution in [1.82, 2.24) is 5.32 Å². The molecule has 1 aliphatic rings. The van der Waals surface area contributed by atoms with Crippen LogP contribution in [0.2, 0.25) is 5.02 Å².